The van der Waals surface area contributed by atoms with Crippen LogP contribution in [0.5, 0.6) is 0 Å². The first kappa shape index (κ1) is 15.9. The van der Waals surface area contributed by atoms with Gasteiger partial charge in [-0.25, -0.2) is 0 Å². The highest BCUT2D eigenvalue weighted by Gasteiger charge is 2.30. The number of hydrogen-bond donors (Lipinski definition) is 1. The second-order valence-electron chi connectivity index (χ2n) is 5.90. The summed E-state index contributed by atoms with van der Waals surface area (Å²) < 4.78 is 0. The topological polar surface area (TPSA) is 12.0 Å². The van der Waals surface area contributed by atoms with Crippen LogP contribution in [0.4, 0.5) is 0 Å². The molecule has 0 heterocycles. The van der Waals surface area contributed by atoms with Crippen LogP contribution in [-0.2, 0) is 0 Å². The van der Waals surface area contributed by atoms with Gasteiger partial charge in [-0.1, -0.05) is 57.7 Å². The van der Waals surface area contributed by atoms with Crippen LogP contribution >= 0.6 is 11.8 Å². The summed E-state index contributed by atoms with van der Waals surface area (Å²) in [5.41, 5.74) is 0. The molecule has 1 saturated carbocycles. The van der Waals surface area contributed by atoms with Gasteiger partial charge in [-0.15, -0.1) is 11.8 Å². The molecule has 1 nitrogen and oxygen atoms in total. The monoisotopic (exact) mass is 291 g/mol. The van der Waals surface area contributed by atoms with E-state index in [1.165, 1.54) is 42.8 Å². The lowest BCUT2D eigenvalue weighted by molar-refractivity contribution is 0.186. The highest BCUT2D eigenvalue weighted by atomic mass is 32.2. The van der Waals surface area contributed by atoms with Gasteiger partial charge in [0.05, 0.1) is 0 Å². The third-order valence-corrected chi connectivity index (χ3v) is 5.78. The zero-order valence-corrected chi connectivity index (χ0v) is 13.8. The fourth-order valence-electron chi connectivity index (χ4n) is 3.57. The van der Waals surface area contributed by atoms with Crippen LogP contribution in [0.1, 0.15) is 46.0 Å². The third kappa shape index (κ3) is 4.53. The first-order valence-electron chi connectivity index (χ1n) is 8.26. The molecule has 0 amide bonds. The number of rotatable bonds is 7. The maximum atomic E-state index is 3.77. The van der Waals surface area contributed by atoms with E-state index in [1.54, 1.807) is 0 Å². The normalized spacial score (nSPS) is 24.5. The first-order chi connectivity index (χ1) is 9.85. The van der Waals surface area contributed by atoms with E-state index in [1.807, 2.05) is 11.8 Å². The van der Waals surface area contributed by atoms with Crippen LogP contribution in [-0.4, -0.2) is 18.3 Å². The Morgan fingerprint density at radius 1 is 1.15 bits per heavy atom. The van der Waals surface area contributed by atoms with Crippen LogP contribution < -0.4 is 5.32 Å². The minimum atomic E-state index is 0.676. The molecule has 0 saturated heterocycles. The molecule has 0 spiro atoms. The molecule has 3 atom stereocenters. The molecule has 2 heteroatoms. The molecular weight excluding hydrogens is 262 g/mol. The summed E-state index contributed by atoms with van der Waals surface area (Å²) in [6.07, 6.45) is 7.09. The summed E-state index contributed by atoms with van der Waals surface area (Å²) in [5.74, 6) is 3.02. The van der Waals surface area contributed by atoms with Gasteiger partial charge in [0, 0.05) is 16.7 Å². The first-order valence-corrected chi connectivity index (χ1v) is 9.25. The average molecular weight is 292 g/mol. The number of thioether (sulfide) groups is 1. The van der Waals surface area contributed by atoms with E-state index >= 15 is 0 Å². The van der Waals surface area contributed by atoms with Gasteiger partial charge in [0.2, 0.25) is 0 Å². The van der Waals surface area contributed by atoms with E-state index < -0.39 is 0 Å². The summed E-state index contributed by atoms with van der Waals surface area (Å²) in [5, 5.41) is 3.77. The van der Waals surface area contributed by atoms with Crippen molar-refractivity contribution in [2.24, 2.45) is 11.8 Å². The van der Waals surface area contributed by atoms with Gasteiger partial charge in [-0.05, 0) is 36.9 Å². The molecule has 1 aromatic rings. The third-order valence-electron chi connectivity index (χ3n) is 4.65. The Morgan fingerprint density at radius 3 is 2.60 bits per heavy atom. The smallest absolute Gasteiger partial charge is 0.0192 e. The van der Waals surface area contributed by atoms with Crippen molar-refractivity contribution < 1.29 is 0 Å². The minimum absolute atomic E-state index is 0.676. The lowest BCUT2D eigenvalue weighted by Gasteiger charge is -2.37. The van der Waals surface area contributed by atoms with Gasteiger partial charge in [-0.3, -0.25) is 0 Å². The Balaban J connectivity index is 1.94. The fourth-order valence-corrected chi connectivity index (χ4v) is 4.66. The van der Waals surface area contributed by atoms with Crippen molar-refractivity contribution in [1.29, 1.82) is 0 Å². The lowest BCUT2D eigenvalue weighted by Crippen LogP contribution is -2.42. The van der Waals surface area contributed by atoms with Crippen LogP contribution in [0.25, 0.3) is 0 Å². The molecule has 1 N–H and O–H groups in total. The van der Waals surface area contributed by atoms with Crippen molar-refractivity contribution in [2.45, 2.75) is 56.9 Å². The molecule has 112 valence electrons. The molecule has 1 aromatic carbocycles. The minimum Gasteiger partial charge on any atom is -0.313 e. The standard InChI is InChI=1S/C18H29NS/c1-3-15-10-8-9-13-17(15)18(19-4-2)14-20-16-11-6-5-7-12-16/h5-7,11-12,15,17-19H,3-4,8-10,13-14H2,1-2H3. The predicted octanol–water partition coefficient (Wildman–Crippen LogP) is 4.97. The second-order valence-corrected chi connectivity index (χ2v) is 7.00. The Bertz CT molecular complexity index is 365. The van der Waals surface area contributed by atoms with Gasteiger partial charge < -0.3 is 5.32 Å². The van der Waals surface area contributed by atoms with E-state index in [9.17, 15) is 0 Å². The van der Waals surface area contributed by atoms with Crippen molar-refractivity contribution in [3.8, 4) is 0 Å². The molecule has 0 aliphatic heterocycles. The molecule has 1 aliphatic rings. The van der Waals surface area contributed by atoms with Crippen molar-refractivity contribution >= 4 is 11.8 Å². The Kier molecular flexibility index (Phi) is 6.95. The summed E-state index contributed by atoms with van der Waals surface area (Å²) in [7, 11) is 0. The van der Waals surface area contributed by atoms with E-state index in [4.69, 9.17) is 0 Å². The summed E-state index contributed by atoms with van der Waals surface area (Å²) in [6.45, 7) is 5.70. The molecule has 1 aliphatic carbocycles. The zero-order chi connectivity index (χ0) is 14.2. The predicted molar refractivity (Wildman–Crippen MR) is 90.4 cm³/mol. The molecule has 3 unspecified atom stereocenters. The highest BCUT2D eigenvalue weighted by molar-refractivity contribution is 7.99. The average Bonchev–Trinajstić information content (AvgIpc) is 2.52. The number of benzene rings is 1. The van der Waals surface area contributed by atoms with E-state index in [-0.39, 0.29) is 0 Å². The molecule has 20 heavy (non-hydrogen) atoms. The molecular formula is C18H29NS. The summed E-state index contributed by atoms with van der Waals surface area (Å²) >= 11 is 2.01. The molecule has 0 radical (unpaired) electrons. The quantitative estimate of drug-likeness (QED) is 0.712. The van der Waals surface area contributed by atoms with Gasteiger partial charge in [0.25, 0.3) is 0 Å². The van der Waals surface area contributed by atoms with Crippen molar-refractivity contribution in [1.82, 2.24) is 5.32 Å². The summed E-state index contributed by atoms with van der Waals surface area (Å²) in [4.78, 5) is 1.40. The highest BCUT2D eigenvalue weighted by Crippen LogP contribution is 2.36. The van der Waals surface area contributed by atoms with E-state index in [2.05, 4.69) is 49.5 Å². The van der Waals surface area contributed by atoms with Crippen LogP contribution in [0, 0.1) is 11.8 Å². The van der Waals surface area contributed by atoms with Crippen LogP contribution in [0.15, 0.2) is 35.2 Å². The molecule has 0 aromatic heterocycles. The van der Waals surface area contributed by atoms with Crippen LogP contribution in [0.2, 0.25) is 0 Å². The number of nitrogens with one attached hydrogen (secondary N) is 1. The van der Waals surface area contributed by atoms with Gasteiger partial charge in [0.1, 0.15) is 0 Å². The Labute approximate surface area is 128 Å². The fraction of sp³-hybridized carbons (Fsp3) is 0.667. The van der Waals surface area contributed by atoms with Gasteiger partial charge >= 0.3 is 0 Å². The van der Waals surface area contributed by atoms with Crippen LogP contribution in [0.3, 0.4) is 0 Å². The van der Waals surface area contributed by atoms with Crippen molar-refractivity contribution in [3.05, 3.63) is 30.3 Å². The van der Waals surface area contributed by atoms with E-state index in [0.717, 1.165) is 18.4 Å². The van der Waals surface area contributed by atoms with E-state index in [0.29, 0.717) is 6.04 Å². The van der Waals surface area contributed by atoms with Gasteiger partial charge in [-0.2, -0.15) is 0 Å². The Hall–Kier alpha value is -0.470. The summed E-state index contributed by atoms with van der Waals surface area (Å²) in [6, 6.07) is 11.5. The molecule has 0 bridgehead atoms. The maximum absolute atomic E-state index is 3.77. The number of hydrogen-bond acceptors (Lipinski definition) is 2. The zero-order valence-electron chi connectivity index (χ0n) is 13.0. The molecule has 1 fully saturated rings. The second kappa shape index (κ2) is 8.74. The Morgan fingerprint density at radius 2 is 1.90 bits per heavy atom. The van der Waals surface area contributed by atoms with Crippen molar-refractivity contribution in [3.63, 3.8) is 0 Å². The maximum Gasteiger partial charge on any atom is 0.0192 e. The van der Waals surface area contributed by atoms with Crippen molar-refractivity contribution in [2.75, 3.05) is 12.3 Å². The lowest BCUT2D eigenvalue weighted by atomic mass is 9.74. The molecule has 2 rings (SSSR count). The SMILES string of the molecule is CCNC(CSc1ccccc1)C1CCCCC1CC. The van der Waals surface area contributed by atoms with Gasteiger partial charge in [0.15, 0.2) is 0 Å². The largest absolute Gasteiger partial charge is 0.313 e.